The molecule has 132 valence electrons. The molecular formula is C16H13ClF2N2O4. The third-order valence-electron chi connectivity index (χ3n) is 2.85. The number of halogens is 3. The molecule has 0 aromatic heterocycles. The maximum Gasteiger partial charge on any atom is 0.387 e. The van der Waals surface area contributed by atoms with Gasteiger partial charge in [-0.1, -0.05) is 23.7 Å². The zero-order chi connectivity index (χ0) is 18.2. The molecule has 0 radical (unpaired) electrons. The molecule has 0 fully saturated rings. The number of alkyl halides is 2. The van der Waals surface area contributed by atoms with Gasteiger partial charge in [-0.15, -0.1) is 0 Å². The van der Waals surface area contributed by atoms with Crippen LogP contribution in [0.25, 0.3) is 0 Å². The molecule has 0 aliphatic carbocycles. The zero-order valence-corrected chi connectivity index (χ0v) is 13.4. The number of carbonyl (C=O) groups is 2. The summed E-state index contributed by atoms with van der Waals surface area (Å²) in [7, 11) is 0. The lowest BCUT2D eigenvalue weighted by molar-refractivity contribution is -0.123. The Kier molecular flexibility index (Phi) is 6.53. The Balaban J connectivity index is 1.79. The van der Waals surface area contributed by atoms with E-state index < -0.39 is 18.4 Å². The topological polar surface area (TPSA) is 76.7 Å². The number of ether oxygens (including phenoxy) is 2. The summed E-state index contributed by atoms with van der Waals surface area (Å²) in [5.41, 5.74) is 4.48. The molecule has 0 unspecified atom stereocenters. The van der Waals surface area contributed by atoms with Gasteiger partial charge in [-0.2, -0.15) is 8.78 Å². The summed E-state index contributed by atoms with van der Waals surface area (Å²) in [6.45, 7) is -3.30. The van der Waals surface area contributed by atoms with Crippen LogP contribution in [-0.2, 0) is 4.79 Å². The molecule has 0 heterocycles. The number of benzene rings is 2. The Hall–Kier alpha value is -2.87. The quantitative estimate of drug-likeness (QED) is 0.767. The lowest BCUT2D eigenvalue weighted by atomic mass is 10.2. The van der Waals surface area contributed by atoms with Crippen LogP contribution in [-0.4, -0.2) is 25.0 Å². The molecule has 25 heavy (non-hydrogen) atoms. The van der Waals surface area contributed by atoms with Crippen LogP contribution in [0.15, 0.2) is 48.5 Å². The van der Waals surface area contributed by atoms with Crippen LogP contribution < -0.4 is 20.3 Å². The molecule has 2 rings (SSSR count). The number of amides is 2. The third-order valence-corrected chi connectivity index (χ3v) is 3.16. The smallest absolute Gasteiger partial charge is 0.387 e. The SMILES string of the molecule is O=C(COc1ccccc1Cl)NNC(=O)c1ccc(OC(F)F)cc1. The third kappa shape index (κ3) is 5.92. The highest BCUT2D eigenvalue weighted by atomic mass is 35.5. The minimum absolute atomic E-state index is 0.0799. The van der Waals surface area contributed by atoms with E-state index in [0.717, 1.165) is 0 Å². The first-order valence-corrected chi connectivity index (χ1v) is 7.35. The Labute approximate surface area is 146 Å². The predicted octanol–water partition coefficient (Wildman–Crippen LogP) is 2.78. The second kappa shape index (κ2) is 8.84. The minimum atomic E-state index is -2.95. The van der Waals surface area contributed by atoms with Gasteiger partial charge in [-0.3, -0.25) is 20.4 Å². The fourth-order valence-electron chi connectivity index (χ4n) is 1.73. The number of hydrazine groups is 1. The van der Waals surface area contributed by atoms with Crippen molar-refractivity contribution in [2.75, 3.05) is 6.61 Å². The van der Waals surface area contributed by atoms with Gasteiger partial charge in [-0.25, -0.2) is 0 Å². The van der Waals surface area contributed by atoms with Crippen LogP contribution in [0.1, 0.15) is 10.4 Å². The van der Waals surface area contributed by atoms with E-state index in [2.05, 4.69) is 15.6 Å². The molecule has 2 N–H and O–H groups in total. The molecule has 0 aliphatic rings. The van der Waals surface area contributed by atoms with E-state index in [9.17, 15) is 18.4 Å². The standard InChI is InChI=1S/C16H13ClF2N2O4/c17-12-3-1-2-4-13(12)24-9-14(22)20-21-15(23)10-5-7-11(8-6-10)25-16(18)19/h1-8,16H,9H2,(H,20,22)(H,21,23). The predicted molar refractivity (Wildman–Crippen MR) is 85.6 cm³/mol. The van der Waals surface area contributed by atoms with Crippen molar-refractivity contribution in [3.8, 4) is 11.5 Å². The van der Waals surface area contributed by atoms with Crippen LogP contribution in [0.2, 0.25) is 5.02 Å². The Morgan fingerprint density at radius 2 is 1.72 bits per heavy atom. The molecule has 0 saturated heterocycles. The molecule has 0 bridgehead atoms. The van der Waals surface area contributed by atoms with Crippen LogP contribution in [0.5, 0.6) is 11.5 Å². The van der Waals surface area contributed by atoms with E-state index >= 15 is 0 Å². The van der Waals surface area contributed by atoms with Gasteiger partial charge in [0.2, 0.25) is 0 Å². The van der Waals surface area contributed by atoms with E-state index in [1.807, 2.05) is 0 Å². The van der Waals surface area contributed by atoms with Gasteiger partial charge >= 0.3 is 6.61 Å². The monoisotopic (exact) mass is 370 g/mol. The maximum atomic E-state index is 12.0. The summed E-state index contributed by atoms with van der Waals surface area (Å²) >= 11 is 5.88. The van der Waals surface area contributed by atoms with Crippen molar-refractivity contribution in [1.29, 1.82) is 0 Å². The molecule has 0 saturated carbocycles. The first kappa shape index (κ1) is 18.5. The van der Waals surface area contributed by atoms with Crippen molar-refractivity contribution in [2.24, 2.45) is 0 Å². The van der Waals surface area contributed by atoms with Gasteiger partial charge in [0.05, 0.1) is 5.02 Å². The number of nitrogens with one attached hydrogen (secondary N) is 2. The molecule has 0 spiro atoms. The summed E-state index contributed by atoms with van der Waals surface area (Å²) in [4.78, 5) is 23.5. The molecule has 0 aliphatic heterocycles. The summed E-state index contributed by atoms with van der Waals surface area (Å²) in [6.07, 6.45) is 0. The van der Waals surface area contributed by atoms with Crippen molar-refractivity contribution in [3.63, 3.8) is 0 Å². The average molecular weight is 371 g/mol. The highest BCUT2D eigenvalue weighted by Gasteiger charge is 2.10. The highest BCUT2D eigenvalue weighted by molar-refractivity contribution is 6.32. The molecule has 2 amide bonds. The molecule has 6 nitrogen and oxygen atoms in total. The Morgan fingerprint density at radius 3 is 2.36 bits per heavy atom. The van der Waals surface area contributed by atoms with Crippen molar-refractivity contribution < 1.29 is 27.8 Å². The van der Waals surface area contributed by atoms with Crippen molar-refractivity contribution in [2.45, 2.75) is 6.61 Å². The average Bonchev–Trinajstić information content (AvgIpc) is 2.59. The first-order valence-electron chi connectivity index (χ1n) is 6.97. The fourth-order valence-corrected chi connectivity index (χ4v) is 1.92. The maximum absolute atomic E-state index is 12.0. The van der Waals surface area contributed by atoms with E-state index in [4.69, 9.17) is 16.3 Å². The second-order valence-corrected chi connectivity index (χ2v) is 5.03. The van der Waals surface area contributed by atoms with Crippen molar-refractivity contribution in [1.82, 2.24) is 10.9 Å². The van der Waals surface area contributed by atoms with Crippen molar-refractivity contribution >= 4 is 23.4 Å². The van der Waals surface area contributed by atoms with Gasteiger partial charge in [0.15, 0.2) is 6.61 Å². The van der Waals surface area contributed by atoms with Gasteiger partial charge in [0.1, 0.15) is 11.5 Å². The van der Waals surface area contributed by atoms with Crippen molar-refractivity contribution in [3.05, 3.63) is 59.1 Å². The lowest BCUT2D eigenvalue weighted by Crippen LogP contribution is -2.43. The van der Waals surface area contributed by atoms with Gasteiger partial charge in [0.25, 0.3) is 11.8 Å². The summed E-state index contributed by atoms with van der Waals surface area (Å²) < 4.78 is 33.5. The van der Waals surface area contributed by atoms with Gasteiger partial charge in [-0.05, 0) is 36.4 Å². The van der Waals surface area contributed by atoms with E-state index in [1.165, 1.54) is 24.3 Å². The van der Waals surface area contributed by atoms with E-state index in [-0.39, 0.29) is 17.9 Å². The molecule has 0 atom stereocenters. The number of carbonyl (C=O) groups excluding carboxylic acids is 2. The number of rotatable bonds is 6. The Morgan fingerprint density at radius 1 is 1.04 bits per heavy atom. The molecule has 2 aromatic rings. The normalized spacial score (nSPS) is 10.2. The van der Waals surface area contributed by atoms with E-state index in [0.29, 0.717) is 10.8 Å². The van der Waals surface area contributed by atoms with Gasteiger partial charge < -0.3 is 9.47 Å². The van der Waals surface area contributed by atoms with Crippen LogP contribution in [0, 0.1) is 0 Å². The minimum Gasteiger partial charge on any atom is -0.482 e. The second-order valence-electron chi connectivity index (χ2n) is 4.62. The number of hydrogen-bond donors (Lipinski definition) is 2. The molecular weight excluding hydrogens is 358 g/mol. The zero-order valence-electron chi connectivity index (χ0n) is 12.7. The first-order chi connectivity index (χ1) is 12.0. The lowest BCUT2D eigenvalue weighted by Gasteiger charge is -2.10. The van der Waals surface area contributed by atoms with Gasteiger partial charge in [0, 0.05) is 5.56 Å². The number of hydrogen-bond acceptors (Lipinski definition) is 4. The summed E-state index contributed by atoms with van der Waals surface area (Å²) in [5, 5.41) is 0.352. The van der Waals surface area contributed by atoms with E-state index in [1.54, 1.807) is 24.3 Å². The fraction of sp³-hybridized carbons (Fsp3) is 0.125. The van der Waals surface area contributed by atoms with Crippen LogP contribution in [0.3, 0.4) is 0 Å². The summed E-state index contributed by atoms with van der Waals surface area (Å²) in [6, 6.07) is 11.6. The van der Waals surface area contributed by atoms with Crippen LogP contribution >= 0.6 is 11.6 Å². The highest BCUT2D eigenvalue weighted by Crippen LogP contribution is 2.22. The molecule has 9 heteroatoms. The van der Waals surface area contributed by atoms with Crippen LogP contribution in [0.4, 0.5) is 8.78 Å². The Bertz CT molecular complexity index is 741. The molecule has 2 aromatic carbocycles. The number of para-hydroxylation sites is 1. The largest absolute Gasteiger partial charge is 0.482 e. The summed E-state index contributed by atoms with van der Waals surface area (Å²) in [5.74, 6) is -0.982.